The summed E-state index contributed by atoms with van der Waals surface area (Å²) in [5, 5.41) is 13.6. The van der Waals surface area contributed by atoms with Gasteiger partial charge in [-0.25, -0.2) is 0 Å². The highest BCUT2D eigenvalue weighted by atomic mass is 16.3. The van der Waals surface area contributed by atoms with Gasteiger partial charge in [-0.2, -0.15) is 0 Å². The van der Waals surface area contributed by atoms with E-state index in [1.165, 1.54) is 6.26 Å². The Bertz CT molecular complexity index is 709. The van der Waals surface area contributed by atoms with Crippen molar-refractivity contribution in [3.63, 3.8) is 0 Å². The van der Waals surface area contributed by atoms with Gasteiger partial charge in [0.1, 0.15) is 0 Å². The van der Waals surface area contributed by atoms with Crippen molar-refractivity contribution in [2.45, 2.75) is 0 Å². The predicted octanol–water partition coefficient (Wildman–Crippen LogP) is 3.07. The standard InChI is InChI=1S/C15H12N4O2/c20-15(12-7-4-10-21-12)17-14-9-8-13(18-19-14)16-11-5-2-1-3-6-11/h1-10H,(H,16,18)(H,17,19,20). The highest BCUT2D eigenvalue weighted by molar-refractivity contribution is 6.01. The first-order valence-electron chi connectivity index (χ1n) is 6.32. The number of amides is 1. The van der Waals surface area contributed by atoms with Crippen molar-refractivity contribution < 1.29 is 9.21 Å². The Morgan fingerprint density at radius 3 is 2.33 bits per heavy atom. The molecule has 0 fully saturated rings. The number of anilines is 3. The van der Waals surface area contributed by atoms with E-state index in [9.17, 15) is 4.79 Å². The fourth-order valence-electron chi connectivity index (χ4n) is 1.72. The fourth-order valence-corrected chi connectivity index (χ4v) is 1.72. The Morgan fingerprint density at radius 1 is 0.905 bits per heavy atom. The van der Waals surface area contributed by atoms with Gasteiger partial charge in [0, 0.05) is 5.69 Å². The van der Waals surface area contributed by atoms with E-state index in [0.717, 1.165) is 5.69 Å². The first-order valence-corrected chi connectivity index (χ1v) is 6.32. The number of hydrogen-bond acceptors (Lipinski definition) is 5. The van der Waals surface area contributed by atoms with E-state index in [1.54, 1.807) is 24.3 Å². The van der Waals surface area contributed by atoms with E-state index >= 15 is 0 Å². The van der Waals surface area contributed by atoms with Crippen LogP contribution in [0.4, 0.5) is 17.3 Å². The molecule has 6 nitrogen and oxygen atoms in total. The molecular weight excluding hydrogens is 268 g/mol. The van der Waals surface area contributed by atoms with Gasteiger partial charge in [-0.15, -0.1) is 10.2 Å². The Labute approximate surface area is 120 Å². The number of carbonyl (C=O) groups excluding carboxylic acids is 1. The molecule has 0 saturated heterocycles. The number of nitrogens with one attached hydrogen (secondary N) is 2. The van der Waals surface area contributed by atoms with Crippen LogP contribution >= 0.6 is 0 Å². The van der Waals surface area contributed by atoms with Crippen LogP contribution in [-0.2, 0) is 0 Å². The topological polar surface area (TPSA) is 80.0 Å². The molecule has 0 unspecified atom stereocenters. The molecule has 0 atom stereocenters. The molecule has 0 spiro atoms. The van der Waals surface area contributed by atoms with Crippen molar-refractivity contribution in [2.75, 3.05) is 10.6 Å². The summed E-state index contributed by atoms with van der Waals surface area (Å²) in [6.45, 7) is 0. The number of nitrogens with zero attached hydrogens (tertiary/aromatic N) is 2. The zero-order valence-electron chi connectivity index (χ0n) is 11.0. The summed E-state index contributed by atoms with van der Waals surface area (Å²) >= 11 is 0. The minimum atomic E-state index is -0.363. The van der Waals surface area contributed by atoms with Gasteiger partial charge < -0.3 is 15.1 Å². The van der Waals surface area contributed by atoms with Crippen molar-refractivity contribution in [2.24, 2.45) is 0 Å². The number of benzene rings is 1. The summed E-state index contributed by atoms with van der Waals surface area (Å²) in [5.74, 6) is 0.813. The second-order valence-electron chi connectivity index (χ2n) is 4.23. The van der Waals surface area contributed by atoms with Crippen molar-refractivity contribution in [3.8, 4) is 0 Å². The first kappa shape index (κ1) is 12.9. The van der Waals surface area contributed by atoms with Crippen LogP contribution in [0, 0.1) is 0 Å². The van der Waals surface area contributed by atoms with Gasteiger partial charge in [-0.05, 0) is 36.4 Å². The SMILES string of the molecule is O=C(Nc1ccc(Nc2ccccc2)nn1)c1ccco1. The van der Waals surface area contributed by atoms with Crippen LogP contribution in [0.25, 0.3) is 0 Å². The maximum atomic E-state index is 11.8. The van der Waals surface area contributed by atoms with Crippen molar-refractivity contribution in [3.05, 3.63) is 66.6 Å². The maximum absolute atomic E-state index is 11.8. The van der Waals surface area contributed by atoms with Gasteiger partial charge >= 0.3 is 0 Å². The Hall–Kier alpha value is -3.15. The average Bonchev–Trinajstić information content (AvgIpc) is 3.05. The molecule has 0 bridgehead atoms. The van der Waals surface area contributed by atoms with E-state index < -0.39 is 0 Å². The van der Waals surface area contributed by atoms with Gasteiger partial charge in [0.25, 0.3) is 5.91 Å². The molecule has 0 aliphatic rings. The molecule has 2 aromatic heterocycles. The molecule has 1 aromatic carbocycles. The third-order valence-electron chi connectivity index (χ3n) is 2.70. The third-order valence-corrected chi connectivity index (χ3v) is 2.70. The summed E-state index contributed by atoms with van der Waals surface area (Å²) in [6.07, 6.45) is 1.44. The zero-order valence-corrected chi connectivity index (χ0v) is 11.0. The van der Waals surface area contributed by atoms with Crippen LogP contribution in [0.2, 0.25) is 0 Å². The van der Waals surface area contributed by atoms with Crippen molar-refractivity contribution in [1.82, 2.24) is 10.2 Å². The summed E-state index contributed by atoms with van der Waals surface area (Å²) in [6, 6.07) is 16.3. The van der Waals surface area contributed by atoms with E-state index in [4.69, 9.17) is 4.42 Å². The minimum Gasteiger partial charge on any atom is -0.459 e. The normalized spacial score (nSPS) is 10.1. The predicted molar refractivity (Wildman–Crippen MR) is 78.4 cm³/mol. The summed E-state index contributed by atoms with van der Waals surface area (Å²) in [5.41, 5.74) is 0.916. The molecule has 2 N–H and O–H groups in total. The minimum absolute atomic E-state index is 0.225. The molecule has 6 heteroatoms. The van der Waals surface area contributed by atoms with Gasteiger partial charge in [0.05, 0.1) is 6.26 Å². The van der Waals surface area contributed by atoms with E-state index in [2.05, 4.69) is 20.8 Å². The lowest BCUT2D eigenvalue weighted by atomic mass is 10.3. The van der Waals surface area contributed by atoms with Crippen LogP contribution in [0.15, 0.2) is 65.3 Å². The molecule has 3 rings (SSSR count). The van der Waals surface area contributed by atoms with Gasteiger partial charge in [0.2, 0.25) is 0 Å². The number of para-hydroxylation sites is 1. The van der Waals surface area contributed by atoms with E-state index in [1.807, 2.05) is 30.3 Å². The maximum Gasteiger partial charge on any atom is 0.292 e. The van der Waals surface area contributed by atoms with E-state index in [-0.39, 0.29) is 11.7 Å². The highest BCUT2D eigenvalue weighted by Crippen LogP contribution is 2.14. The lowest BCUT2D eigenvalue weighted by molar-refractivity contribution is 0.0996. The van der Waals surface area contributed by atoms with Crippen LogP contribution in [0.1, 0.15) is 10.6 Å². The first-order chi connectivity index (χ1) is 10.3. The Kier molecular flexibility index (Phi) is 3.60. The third kappa shape index (κ3) is 3.24. The zero-order chi connectivity index (χ0) is 14.5. The Morgan fingerprint density at radius 2 is 1.67 bits per heavy atom. The van der Waals surface area contributed by atoms with Gasteiger partial charge in [0.15, 0.2) is 17.4 Å². The number of furan rings is 1. The molecule has 1 amide bonds. The molecule has 0 aliphatic heterocycles. The smallest absolute Gasteiger partial charge is 0.292 e. The molecule has 0 radical (unpaired) electrons. The van der Waals surface area contributed by atoms with Crippen molar-refractivity contribution in [1.29, 1.82) is 0 Å². The van der Waals surface area contributed by atoms with Crippen molar-refractivity contribution >= 4 is 23.2 Å². The lowest BCUT2D eigenvalue weighted by Gasteiger charge is -2.05. The fraction of sp³-hybridized carbons (Fsp3) is 0. The molecule has 0 aliphatic carbocycles. The van der Waals surface area contributed by atoms with E-state index in [0.29, 0.717) is 11.6 Å². The second-order valence-corrected chi connectivity index (χ2v) is 4.23. The summed E-state index contributed by atoms with van der Waals surface area (Å²) in [7, 11) is 0. The molecule has 2 heterocycles. The van der Waals surface area contributed by atoms with Gasteiger partial charge in [-0.1, -0.05) is 18.2 Å². The summed E-state index contributed by atoms with van der Waals surface area (Å²) < 4.78 is 5.00. The lowest BCUT2D eigenvalue weighted by Crippen LogP contribution is -2.12. The number of rotatable bonds is 4. The van der Waals surface area contributed by atoms with Crippen LogP contribution < -0.4 is 10.6 Å². The molecule has 3 aromatic rings. The molecule has 21 heavy (non-hydrogen) atoms. The second kappa shape index (κ2) is 5.87. The highest BCUT2D eigenvalue weighted by Gasteiger charge is 2.09. The number of aromatic nitrogens is 2. The average molecular weight is 280 g/mol. The van der Waals surface area contributed by atoms with Crippen LogP contribution in [0.5, 0.6) is 0 Å². The largest absolute Gasteiger partial charge is 0.459 e. The number of carbonyl (C=O) groups is 1. The molecular formula is C15H12N4O2. The van der Waals surface area contributed by atoms with Crippen LogP contribution in [0.3, 0.4) is 0 Å². The molecule has 0 saturated carbocycles. The van der Waals surface area contributed by atoms with Crippen LogP contribution in [-0.4, -0.2) is 16.1 Å². The quantitative estimate of drug-likeness (QED) is 0.767. The molecule has 104 valence electrons. The Balaban J connectivity index is 1.65. The summed E-state index contributed by atoms with van der Waals surface area (Å²) in [4.78, 5) is 11.8. The number of hydrogen-bond donors (Lipinski definition) is 2. The van der Waals surface area contributed by atoms with Gasteiger partial charge in [-0.3, -0.25) is 4.79 Å². The monoisotopic (exact) mass is 280 g/mol.